The van der Waals surface area contributed by atoms with E-state index in [4.69, 9.17) is 0 Å². The Balaban J connectivity index is 1.91. The third-order valence-electron chi connectivity index (χ3n) is 4.00. The van der Waals surface area contributed by atoms with E-state index in [1.807, 2.05) is 20.0 Å². The lowest BCUT2D eigenvalue weighted by Gasteiger charge is -2.23. The number of urea groups is 1. The molecule has 0 spiro atoms. The van der Waals surface area contributed by atoms with E-state index in [9.17, 15) is 9.90 Å². The molecule has 2 N–H and O–H groups in total. The molecule has 6 heteroatoms. The average molecular weight is 280 g/mol. The van der Waals surface area contributed by atoms with Crippen LogP contribution in [0.2, 0.25) is 0 Å². The van der Waals surface area contributed by atoms with Crippen molar-refractivity contribution in [3.8, 4) is 0 Å². The van der Waals surface area contributed by atoms with Crippen molar-refractivity contribution in [2.45, 2.75) is 38.7 Å². The topological polar surface area (TPSA) is 70.4 Å². The van der Waals surface area contributed by atoms with E-state index in [1.54, 1.807) is 16.6 Å². The van der Waals surface area contributed by atoms with Gasteiger partial charge in [-0.1, -0.05) is 13.3 Å². The maximum atomic E-state index is 12.1. The number of anilines is 1. The van der Waals surface area contributed by atoms with E-state index in [0.717, 1.165) is 31.4 Å². The summed E-state index contributed by atoms with van der Waals surface area (Å²) >= 11 is 0. The predicted octanol–water partition coefficient (Wildman–Crippen LogP) is 1.61. The second-order valence-electron chi connectivity index (χ2n) is 5.57. The average Bonchev–Trinajstić information content (AvgIpc) is 2.97. The predicted molar refractivity (Wildman–Crippen MR) is 77.6 cm³/mol. The van der Waals surface area contributed by atoms with Crippen molar-refractivity contribution >= 4 is 11.8 Å². The van der Waals surface area contributed by atoms with Crippen LogP contribution in [0, 0.1) is 5.92 Å². The van der Waals surface area contributed by atoms with E-state index in [-0.39, 0.29) is 18.1 Å². The highest BCUT2D eigenvalue weighted by Crippen LogP contribution is 2.26. The first kappa shape index (κ1) is 14.8. The van der Waals surface area contributed by atoms with Crippen LogP contribution in [-0.2, 0) is 13.5 Å². The molecule has 0 bridgehead atoms. The largest absolute Gasteiger partial charge is 0.393 e. The molecule has 1 fully saturated rings. The Kier molecular flexibility index (Phi) is 4.65. The second-order valence-corrected chi connectivity index (χ2v) is 5.57. The van der Waals surface area contributed by atoms with Crippen LogP contribution in [0.25, 0.3) is 0 Å². The Bertz CT molecular complexity index is 472. The Labute approximate surface area is 119 Å². The summed E-state index contributed by atoms with van der Waals surface area (Å²) in [5.74, 6) is 0.897. The molecule has 112 valence electrons. The molecule has 1 aromatic heterocycles. The van der Waals surface area contributed by atoms with Crippen molar-refractivity contribution < 1.29 is 9.90 Å². The number of rotatable bonds is 4. The first-order valence-electron chi connectivity index (χ1n) is 7.24. The zero-order valence-corrected chi connectivity index (χ0v) is 12.5. The monoisotopic (exact) mass is 280 g/mol. The van der Waals surface area contributed by atoms with Crippen LogP contribution in [0.15, 0.2) is 6.07 Å². The van der Waals surface area contributed by atoms with Gasteiger partial charge in [-0.05, 0) is 19.3 Å². The molecule has 1 aliphatic rings. The molecule has 2 amide bonds. The molecule has 2 rings (SSSR count). The minimum Gasteiger partial charge on any atom is -0.393 e. The van der Waals surface area contributed by atoms with Crippen LogP contribution in [-0.4, -0.2) is 45.5 Å². The summed E-state index contributed by atoms with van der Waals surface area (Å²) in [4.78, 5) is 13.8. The number of aromatic nitrogens is 2. The van der Waals surface area contributed by atoms with Gasteiger partial charge in [0, 0.05) is 32.6 Å². The number of carbonyl (C=O) groups excluding carboxylic acids is 1. The van der Waals surface area contributed by atoms with Crippen LogP contribution in [0.5, 0.6) is 0 Å². The van der Waals surface area contributed by atoms with Crippen molar-refractivity contribution in [3.05, 3.63) is 11.8 Å². The first-order chi connectivity index (χ1) is 9.51. The molecule has 0 radical (unpaired) electrons. The molecule has 0 aromatic carbocycles. The van der Waals surface area contributed by atoms with Gasteiger partial charge >= 0.3 is 6.03 Å². The molecule has 0 saturated heterocycles. The minimum absolute atomic E-state index is 0.158. The fraction of sp³-hybridized carbons (Fsp3) is 0.714. The van der Waals surface area contributed by atoms with Gasteiger partial charge in [0.1, 0.15) is 5.82 Å². The van der Waals surface area contributed by atoms with E-state index in [2.05, 4.69) is 10.4 Å². The number of nitrogens with zero attached hydrogens (tertiary/aromatic N) is 3. The van der Waals surface area contributed by atoms with Crippen LogP contribution < -0.4 is 5.32 Å². The zero-order chi connectivity index (χ0) is 14.7. The number of carbonyl (C=O) groups is 1. The number of nitrogens with one attached hydrogen (secondary N) is 1. The van der Waals surface area contributed by atoms with Crippen LogP contribution in [0.3, 0.4) is 0 Å². The first-order valence-corrected chi connectivity index (χ1v) is 7.24. The van der Waals surface area contributed by atoms with Crippen molar-refractivity contribution in [2.24, 2.45) is 13.0 Å². The van der Waals surface area contributed by atoms with Crippen LogP contribution in [0.4, 0.5) is 10.6 Å². The molecule has 1 aliphatic carbocycles. The maximum absolute atomic E-state index is 12.1. The van der Waals surface area contributed by atoms with E-state index in [1.165, 1.54) is 0 Å². The third-order valence-corrected chi connectivity index (χ3v) is 4.00. The molecular formula is C14H24N4O2. The van der Waals surface area contributed by atoms with Crippen LogP contribution >= 0.6 is 0 Å². The number of aliphatic hydroxyl groups excluding tert-OH is 1. The lowest BCUT2D eigenvalue weighted by molar-refractivity contribution is 0.116. The van der Waals surface area contributed by atoms with Crippen molar-refractivity contribution in [3.63, 3.8) is 0 Å². The number of hydrogen-bond donors (Lipinski definition) is 2. The Morgan fingerprint density at radius 1 is 1.60 bits per heavy atom. The number of hydrogen-bond acceptors (Lipinski definition) is 3. The minimum atomic E-state index is -0.270. The summed E-state index contributed by atoms with van der Waals surface area (Å²) in [7, 11) is 3.58. The molecule has 2 unspecified atom stereocenters. The molecular weight excluding hydrogens is 256 g/mol. The Morgan fingerprint density at radius 2 is 2.35 bits per heavy atom. The second kappa shape index (κ2) is 6.26. The highest BCUT2D eigenvalue weighted by Gasteiger charge is 2.27. The fourth-order valence-corrected chi connectivity index (χ4v) is 2.69. The van der Waals surface area contributed by atoms with E-state index >= 15 is 0 Å². The highest BCUT2D eigenvalue weighted by atomic mass is 16.3. The highest BCUT2D eigenvalue weighted by molar-refractivity contribution is 5.88. The molecule has 1 heterocycles. The molecule has 1 aromatic rings. The van der Waals surface area contributed by atoms with E-state index in [0.29, 0.717) is 12.4 Å². The normalized spacial score (nSPS) is 22.0. The molecule has 6 nitrogen and oxygen atoms in total. The third kappa shape index (κ3) is 3.30. The quantitative estimate of drug-likeness (QED) is 0.880. The molecule has 2 atom stereocenters. The lowest BCUT2D eigenvalue weighted by atomic mass is 10.1. The number of aryl methyl sites for hydroxylation is 2. The molecule has 20 heavy (non-hydrogen) atoms. The summed E-state index contributed by atoms with van der Waals surface area (Å²) in [5.41, 5.74) is 0.955. The van der Waals surface area contributed by atoms with Gasteiger partial charge in [-0.3, -0.25) is 10.00 Å². The van der Waals surface area contributed by atoms with Gasteiger partial charge in [0.2, 0.25) is 0 Å². The molecule has 0 aliphatic heterocycles. The summed E-state index contributed by atoms with van der Waals surface area (Å²) in [6, 6.07) is 1.73. The van der Waals surface area contributed by atoms with Gasteiger partial charge in [0.15, 0.2) is 0 Å². The van der Waals surface area contributed by atoms with Crippen molar-refractivity contribution in [1.82, 2.24) is 14.7 Å². The number of amides is 2. The van der Waals surface area contributed by atoms with Gasteiger partial charge in [-0.25, -0.2) is 4.79 Å². The summed E-state index contributed by atoms with van der Waals surface area (Å²) < 4.78 is 1.68. The Hall–Kier alpha value is -1.56. The zero-order valence-electron chi connectivity index (χ0n) is 12.5. The lowest BCUT2D eigenvalue weighted by Crippen LogP contribution is -2.37. The van der Waals surface area contributed by atoms with Gasteiger partial charge in [0.05, 0.1) is 11.8 Å². The van der Waals surface area contributed by atoms with E-state index < -0.39 is 0 Å². The number of aliphatic hydroxyl groups is 1. The van der Waals surface area contributed by atoms with Crippen molar-refractivity contribution in [2.75, 3.05) is 18.9 Å². The SMILES string of the molecule is CCc1cc(NC(=O)N(C)CC2CCCC2O)n(C)n1. The maximum Gasteiger partial charge on any atom is 0.322 e. The summed E-state index contributed by atoms with van der Waals surface area (Å²) in [6.45, 7) is 2.62. The molecule has 1 saturated carbocycles. The van der Waals surface area contributed by atoms with Crippen LogP contribution in [0.1, 0.15) is 31.9 Å². The van der Waals surface area contributed by atoms with Gasteiger partial charge < -0.3 is 10.0 Å². The van der Waals surface area contributed by atoms with Gasteiger partial charge in [-0.15, -0.1) is 0 Å². The van der Waals surface area contributed by atoms with Crippen molar-refractivity contribution in [1.29, 1.82) is 0 Å². The van der Waals surface area contributed by atoms with Gasteiger partial charge in [0.25, 0.3) is 0 Å². The Morgan fingerprint density at radius 3 is 2.90 bits per heavy atom. The smallest absolute Gasteiger partial charge is 0.322 e. The standard InChI is InChI=1S/C14H24N4O2/c1-4-11-8-13(18(3)16-11)15-14(20)17(2)9-10-6-5-7-12(10)19/h8,10,12,19H,4-7,9H2,1-3H3,(H,15,20). The van der Waals surface area contributed by atoms with Gasteiger partial charge in [-0.2, -0.15) is 5.10 Å². The fourth-order valence-electron chi connectivity index (χ4n) is 2.69. The summed E-state index contributed by atoms with van der Waals surface area (Å²) in [6.07, 6.45) is 3.46. The summed E-state index contributed by atoms with van der Waals surface area (Å²) in [5, 5.41) is 17.0.